The van der Waals surface area contributed by atoms with Gasteiger partial charge in [-0.25, -0.2) is 0 Å². The molecule has 124 valence electrons. The Morgan fingerprint density at radius 2 is 2.04 bits per heavy atom. The molecule has 0 fully saturated rings. The van der Waals surface area contributed by atoms with Gasteiger partial charge in [-0.15, -0.1) is 0 Å². The number of oxime groups is 1. The highest BCUT2D eigenvalue weighted by Gasteiger charge is 2.35. The van der Waals surface area contributed by atoms with Gasteiger partial charge in [0.05, 0.1) is 18.4 Å². The smallest absolute Gasteiger partial charge is 0.167 e. The summed E-state index contributed by atoms with van der Waals surface area (Å²) in [6.07, 6.45) is 0.760. The number of carbonyl (C=O) groups is 1. The topological polar surface area (TPSA) is 68.1 Å². The molecule has 0 saturated heterocycles. The van der Waals surface area contributed by atoms with Gasteiger partial charge >= 0.3 is 0 Å². The maximum absolute atomic E-state index is 12.5. The standard InChI is InChI=1S/C18H23NO4/c1-10-6-11(2)16(15(7-10)22-4)17-14(20)9-13(18(17)21)8-12(3)19-23-5/h6-7,13,21H,8-9H2,1-5H3. The lowest BCUT2D eigenvalue weighted by Crippen LogP contribution is -2.06. The minimum absolute atomic E-state index is 0.0667. The number of hydrogen-bond donors (Lipinski definition) is 1. The molecule has 1 unspecified atom stereocenters. The van der Waals surface area contributed by atoms with Crippen molar-refractivity contribution in [2.45, 2.75) is 33.6 Å². The number of nitrogens with zero attached hydrogens (tertiary/aromatic N) is 1. The summed E-state index contributed by atoms with van der Waals surface area (Å²) in [5, 5.41) is 14.5. The lowest BCUT2D eigenvalue weighted by atomic mass is 9.96. The van der Waals surface area contributed by atoms with Crippen molar-refractivity contribution in [3.63, 3.8) is 0 Å². The Bertz CT molecular complexity index is 689. The molecule has 1 aromatic carbocycles. The van der Waals surface area contributed by atoms with Crippen LogP contribution in [0.15, 0.2) is 23.0 Å². The highest BCUT2D eigenvalue weighted by Crippen LogP contribution is 2.41. The Hall–Kier alpha value is -2.30. The molecule has 0 spiro atoms. The van der Waals surface area contributed by atoms with E-state index in [0.29, 0.717) is 23.3 Å². The maximum Gasteiger partial charge on any atom is 0.167 e. The predicted octanol–water partition coefficient (Wildman–Crippen LogP) is 3.58. The average molecular weight is 317 g/mol. The van der Waals surface area contributed by atoms with E-state index in [1.807, 2.05) is 32.9 Å². The fourth-order valence-electron chi connectivity index (χ4n) is 3.17. The van der Waals surface area contributed by atoms with Gasteiger partial charge in [-0.2, -0.15) is 0 Å². The van der Waals surface area contributed by atoms with Crippen molar-refractivity contribution in [2.75, 3.05) is 14.2 Å². The first-order chi connectivity index (χ1) is 10.9. The van der Waals surface area contributed by atoms with Crippen molar-refractivity contribution >= 4 is 17.1 Å². The van der Waals surface area contributed by atoms with Gasteiger partial charge in [0.15, 0.2) is 5.78 Å². The van der Waals surface area contributed by atoms with Crippen LogP contribution in [0, 0.1) is 19.8 Å². The fraction of sp³-hybridized carbons (Fsp3) is 0.444. The Labute approximate surface area is 136 Å². The molecule has 0 heterocycles. The largest absolute Gasteiger partial charge is 0.511 e. The zero-order valence-corrected chi connectivity index (χ0v) is 14.3. The molecule has 1 aromatic rings. The van der Waals surface area contributed by atoms with Crippen molar-refractivity contribution in [2.24, 2.45) is 11.1 Å². The first-order valence-corrected chi connectivity index (χ1v) is 7.57. The number of allylic oxidation sites excluding steroid dienone is 2. The van der Waals surface area contributed by atoms with Gasteiger partial charge in [-0.3, -0.25) is 4.79 Å². The molecule has 0 saturated carbocycles. The van der Waals surface area contributed by atoms with Crippen molar-refractivity contribution in [1.82, 2.24) is 0 Å². The van der Waals surface area contributed by atoms with Crippen LogP contribution in [0.25, 0.3) is 5.57 Å². The van der Waals surface area contributed by atoms with E-state index in [4.69, 9.17) is 9.57 Å². The molecule has 1 N–H and O–H groups in total. The van der Waals surface area contributed by atoms with Crippen LogP contribution in [0.4, 0.5) is 0 Å². The third kappa shape index (κ3) is 3.38. The molecule has 1 aliphatic rings. The van der Waals surface area contributed by atoms with E-state index in [1.54, 1.807) is 7.11 Å². The lowest BCUT2D eigenvalue weighted by molar-refractivity contribution is -0.113. The SMILES string of the molecule is CON=C(C)CC1CC(=O)C(c2c(C)cc(C)cc2OC)=C1O. The normalized spacial score (nSPS) is 18.6. The molecule has 0 aromatic heterocycles. The number of rotatable bonds is 5. The van der Waals surface area contributed by atoms with Crippen molar-refractivity contribution in [1.29, 1.82) is 0 Å². The van der Waals surface area contributed by atoms with Gasteiger partial charge in [-0.05, 0) is 44.4 Å². The second-order valence-corrected chi connectivity index (χ2v) is 5.96. The van der Waals surface area contributed by atoms with Gasteiger partial charge in [0.2, 0.25) is 0 Å². The number of ketones is 1. The van der Waals surface area contributed by atoms with Gasteiger partial charge < -0.3 is 14.7 Å². The summed E-state index contributed by atoms with van der Waals surface area (Å²) in [6.45, 7) is 5.71. The van der Waals surface area contributed by atoms with Crippen LogP contribution in [0.2, 0.25) is 0 Å². The number of carbonyl (C=O) groups excluding carboxylic acids is 1. The quantitative estimate of drug-likeness (QED) is 0.666. The van der Waals surface area contributed by atoms with E-state index < -0.39 is 0 Å². The van der Waals surface area contributed by atoms with Crippen LogP contribution >= 0.6 is 0 Å². The average Bonchev–Trinajstić information content (AvgIpc) is 2.73. The van der Waals surface area contributed by atoms with Crippen LogP contribution in [-0.4, -0.2) is 30.8 Å². The van der Waals surface area contributed by atoms with Crippen LogP contribution in [-0.2, 0) is 9.63 Å². The Morgan fingerprint density at radius 3 is 2.65 bits per heavy atom. The van der Waals surface area contributed by atoms with Crippen molar-refractivity contribution < 1.29 is 19.5 Å². The summed E-state index contributed by atoms with van der Waals surface area (Å²) in [4.78, 5) is 17.2. The predicted molar refractivity (Wildman–Crippen MR) is 89.9 cm³/mol. The third-order valence-electron chi connectivity index (χ3n) is 4.06. The fourth-order valence-corrected chi connectivity index (χ4v) is 3.17. The van der Waals surface area contributed by atoms with Gasteiger partial charge in [0.25, 0.3) is 0 Å². The Balaban J connectivity index is 2.48. The zero-order valence-electron chi connectivity index (χ0n) is 14.3. The number of benzene rings is 1. The number of methoxy groups -OCH3 is 1. The number of ether oxygens (including phenoxy) is 1. The second-order valence-electron chi connectivity index (χ2n) is 5.96. The number of Topliss-reactive ketones (excluding diaryl/α,β-unsaturated/α-hetero) is 1. The van der Waals surface area contributed by atoms with E-state index >= 15 is 0 Å². The molecule has 5 nitrogen and oxygen atoms in total. The minimum Gasteiger partial charge on any atom is -0.511 e. The highest BCUT2D eigenvalue weighted by molar-refractivity contribution is 6.24. The summed E-state index contributed by atoms with van der Waals surface area (Å²) in [7, 11) is 3.05. The summed E-state index contributed by atoms with van der Waals surface area (Å²) in [5.41, 5.74) is 3.76. The van der Waals surface area contributed by atoms with Crippen LogP contribution in [0.3, 0.4) is 0 Å². The number of hydrogen-bond acceptors (Lipinski definition) is 5. The van der Waals surface area contributed by atoms with E-state index in [-0.39, 0.29) is 23.9 Å². The number of aliphatic hydroxyl groups excluding tert-OH is 1. The highest BCUT2D eigenvalue weighted by atomic mass is 16.6. The summed E-state index contributed by atoms with van der Waals surface area (Å²) < 4.78 is 5.43. The lowest BCUT2D eigenvalue weighted by Gasteiger charge is -2.14. The minimum atomic E-state index is -0.262. The molecule has 0 bridgehead atoms. The third-order valence-corrected chi connectivity index (χ3v) is 4.06. The molecular formula is C18H23NO4. The first-order valence-electron chi connectivity index (χ1n) is 7.57. The maximum atomic E-state index is 12.5. The van der Waals surface area contributed by atoms with Gasteiger partial charge in [0, 0.05) is 17.9 Å². The Kier molecular flexibility index (Phi) is 5.08. The molecule has 5 heteroatoms. The van der Waals surface area contributed by atoms with E-state index in [9.17, 15) is 9.90 Å². The molecule has 23 heavy (non-hydrogen) atoms. The van der Waals surface area contributed by atoms with E-state index in [0.717, 1.165) is 16.8 Å². The monoisotopic (exact) mass is 317 g/mol. The summed E-state index contributed by atoms with van der Waals surface area (Å²) in [5.74, 6) is 0.399. The van der Waals surface area contributed by atoms with Crippen LogP contribution < -0.4 is 4.74 Å². The van der Waals surface area contributed by atoms with Crippen LogP contribution in [0.5, 0.6) is 5.75 Å². The second kappa shape index (κ2) is 6.86. The van der Waals surface area contributed by atoms with E-state index in [2.05, 4.69) is 5.16 Å². The summed E-state index contributed by atoms with van der Waals surface area (Å²) >= 11 is 0. The summed E-state index contributed by atoms with van der Waals surface area (Å²) in [6, 6.07) is 3.86. The molecular weight excluding hydrogens is 294 g/mol. The van der Waals surface area contributed by atoms with E-state index in [1.165, 1.54) is 7.11 Å². The van der Waals surface area contributed by atoms with Crippen molar-refractivity contribution in [3.8, 4) is 5.75 Å². The number of aliphatic hydroxyl groups is 1. The number of aryl methyl sites for hydroxylation is 2. The molecule has 1 atom stereocenters. The van der Waals surface area contributed by atoms with Gasteiger partial charge in [-0.1, -0.05) is 11.2 Å². The van der Waals surface area contributed by atoms with Crippen molar-refractivity contribution in [3.05, 3.63) is 34.6 Å². The Morgan fingerprint density at radius 1 is 1.35 bits per heavy atom. The molecule has 1 aliphatic carbocycles. The molecule has 2 rings (SSSR count). The zero-order chi connectivity index (χ0) is 17.1. The van der Waals surface area contributed by atoms with Crippen LogP contribution in [0.1, 0.15) is 36.5 Å². The molecule has 0 aliphatic heterocycles. The first kappa shape index (κ1) is 17.1. The molecule has 0 amide bonds. The molecule has 0 radical (unpaired) electrons. The van der Waals surface area contributed by atoms with Gasteiger partial charge in [0.1, 0.15) is 18.6 Å².